The van der Waals surface area contributed by atoms with E-state index in [9.17, 15) is 4.79 Å². The summed E-state index contributed by atoms with van der Waals surface area (Å²) in [6.45, 7) is 11.4. The zero-order valence-electron chi connectivity index (χ0n) is 10.4. The molecule has 15 heavy (non-hydrogen) atoms. The van der Waals surface area contributed by atoms with Gasteiger partial charge in [-0.05, 0) is 24.3 Å². The van der Waals surface area contributed by atoms with Crippen molar-refractivity contribution in [2.45, 2.75) is 34.1 Å². The van der Waals surface area contributed by atoms with E-state index >= 15 is 0 Å². The SMILES string of the molecule is CC(CNC(=O)C1CCNC1)C(C)(C)C. The first-order valence-corrected chi connectivity index (χ1v) is 5.89. The first kappa shape index (κ1) is 12.5. The van der Waals surface area contributed by atoms with Gasteiger partial charge in [0.15, 0.2) is 0 Å². The number of amides is 1. The van der Waals surface area contributed by atoms with Gasteiger partial charge in [0, 0.05) is 13.1 Å². The van der Waals surface area contributed by atoms with E-state index in [4.69, 9.17) is 0 Å². The summed E-state index contributed by atoms with van der Waals surface area (Å²) in [5.74, 6) is 0.920. The lowest BCUT2D eigenvalue weighted by Crippen LogP contribution is -2.37. The molecule has 0 aromatic carbocycles. The van der Waals surface area contributed by atoms with Gasteiger partial charge in [0.2, 0.25) is 5.91 Å². The largest absolute Gasteiger partial charge is 0.356 e. The van der Waals surface area contributed by atoms with Gasteiger partial charge >= 0.3 is 0 Å². The molecule has 1 rings (SSSR count). The van der Waals surface area contributed by atoms with E-state index in [0.29, 0.717) is 5.92 Å². The van der Waals surface area contributed by atoms with Crippen LogP contribution in [0.1, 0.15) is 34.1 Å². The second-order valence-electron chi connectivity index (χ2n) is 5.70. The molecule has 1 heterocycles. The fourth-order valence-corrected chi connectivity index (χ4v) is 1.58. The van der Waals surface area contributed by atoms with Crippen LogP contribution in [0.2, 0.25) is 0 Å². The lowest BCUT2D eigenvalue weighted by atomic mass is 9.82. The molecular formula is C12H24N2O. The minimum Gasteiger partial charge on any atom is -0.356 e. The monoisotopic (exact) mass is 212 g/mol. The third-order valence-electron chi connectivity index (χ3n) is 3.49. The van der Waals surface area contributed by atoms with Gasteiger partial charge in [-0.15, -0.1) is 0 Å². The van der Waals surface area contributed by atoms with Crippen molar-refractivity contribution in [1.29, 1.82) is 0 Å². The van der Waals surface area contributed by atoms with E-state index < -0.39 is 0 Å². The van der Waals surface area contributed by atoms with Crippen LogP contribution in [-0.4, -0.2) is 25.5 Å². The Kier molecular flexibility index (Phi) is 4.14. The third-order valence-corrected chi connectivity index (χ3v) is 3.49. The molecule has 3 nitrogen and oxygen atoms in total. The summed E-state index contributed by atoms with van der Waals surface area (Å²) >= 11 is 0. The highest BCUT2D eigenvalue weighted by Gasteiger charge is 2.24. The molecule has 1 amide bonds. The number of hydrogen-bond acceptors (Lipinski definition) is 2. The van der Waals surface area contributed by atoms with Crippen molar-refractivity contribution in [3.05, 3.63) is 0 Å². The van der Waals surface area contributed by atoms with Crippen LogP contribution in [0.25, 0.3) is 0 Å². The molecule has 0 spiro atoms. The van der Waals surface area contributed by atoms with Gasteiger partial charge in [-0.25, -0.2) is 0 Å². The van der Waals surface area contributed by atoms with Gasteiger partial charge in [-0.2, -0.15) is 0 Å². The molecule has 0 bridgehead atoms. The summed E-state index contributed by atoms with van der Waals surface area (Å²) in [6, 6.07) is 0. The zero-order valence-corrected chi connectivity index (χ0v) is 10.4. The Labute approximate surface area is 93.0 Å². The molecule has 0 radical (unpaired) electrons. The fourth-order valence-electron chi connectivity index (χ4n) is 1.58. The number of rotatable bonds is 3. The van der Waals surface area contributed by atoms with Gasteiger partial charge in [0.05, 0.1) is 5.92 Å². The van der Waals surface area contributed by atoms with Gasteiger partial charge in [-0.3, -0.25) is 4.79 Å². The van der Waals surface area contributed by atoms with Crippen LogP contribution in [0.15, 0.2) is 0 Å². The second kappa shape index (κ2) is 4.97. The average Bonchev–Trinajstić information content (AvgIpc) is 2.64. The molecule has 88 valence electrons. The molecule has 0 saturated carbocycles. The van der Waals surface area contributed by atoms with Crippen molar-refractivity contribution >= 4 is 5.91 Å². The quantitative estimate of drug-likeness (QED) is 0.742. The van der Waals surface area contributed by atoms with E-state index in [2.05, 4.69) is 38.3 Å². The van der Waals surface area contributed by atoms with E-state index in [1.807, 2.05) is 0 Å². The van der Waals surface area contributed by atoms with Crippen LogP contribution < -0.4 is 10.6 Å². The molecule has 2 N–H and O–H groups in total. The summed E-state index contributed by atoms with van der Waals surface area (Å²) < 4.78 is 0. The molecule has 0 aromatic heterocycles. The molecule has 1 fully saturated rings. The standard InChI is InChI=1S/C12H24N2O/c1-9(12(2,3)4)7-14-11(15)10-5-6-13-8-10/h9-10,13H,5-8H2,1-4H3,(H,14,15). The Morgan fingerprint density at radius 1 is 1.53 bits per heavy atom. The van der Waals surface area contributed by atoms with Gasteiger partial charge in [0.1, 0.15) is 0 Å². The maximum atomic E-state index is 11.7. The third kappa shape index (κ3) is 3.82. The Bertz CT molecular complexity index is 214. The highest BCUT2D eigenvalue weighted by Crippen LogP contribution is 2.24. The topological polar surface area (TPSA) is 41.1 Å². The Morgan fingerprint density at radius 3 is 2.67 bits per heavy atom. The lowest BCUT2D eigenvalue weighted by Gasteiger charge is -2.27. The molecule has 0 aromatic rings. The summed E-state index contributed by atoms with van der Waals surface area (Å²) in [5, 5.41) is 6.26. The molecule has 2 unspecified atom stereocenters. The Morgan fingerprint density at radius 2 is 2.20 bits per heavy atom. The number of hydrogen-bond donors (Lipinski definition) is 2. The Balaban J connectivity index is 2.27. The van der Waals surface area contributed by atoms with Crippen molar-refractivity contribution in [1.82, 2.24) is 10.6 Å². The second-order valence-corrected chi connectivity index (χ2v) is 5.70. The molecule has 3 heteroatoms. The smallest absolute Gasteiger partial charge is 0.224 e. The molecule has 1 aliphatic heterocycles. The van der Waals surface area contributed by atoms with Crippen molar-refractivity contribution in [3.8, 4) is 0 Å². The maximum Gasteiger partial charge on any atom is 0.224 e. The van der Waals surface area contributed by atoms with Gasteiger partial charge in [0.25, 0.3) is 0 Å². The van der Waals surface area contributed by atoms with Crippen molar-refractivity contribution < 1.29 is 4.79 Å². The molecule has 1 aliphatic rings. The highest BCUT2D eigenvalue weighted by molar-refractivity contribution is 5.79. The van der Waals surface area contributed by atoms with Crippen molar-refractivity contribution in [2.24, 2.45) is 17.3 Å². The van der Waals surface area contributed by atoms with Crippen LogP contribution in [-0.2, 0) is 4.79 Å². The van der Waals surface area contributed by atoms with E-state index in [-0.39, 0.29) is 17.2 Å². The number of carbonyl (C=O) groups is 1. The minimum absolute atomic E-state index is 0.192. The summed E-state index contributed by atoms with van der Waals surface area (Å²) in [7, 11) is 0. The Hall–Kier alpha value is -0.570. The maximum absolute atomic E-state index is 11.7. The normalized spacial score (nSPS) is 23.9. The minimum atomic E-state index is 0.192. The number of carbonyl (C=O) groups excluding carboxylic acids is 1. The van der Waals surface area contributed by atoms with Crippen LogP contribution in [0.3, 0.4) is 0 Å². The van der Waals surface area contributed by atoms with Crippen molar-refractivity contribution in [3.63, 3.8) is 0 Å². The predicted molar refractivity (Wildman–Crippen MR) is 62.6 cm³/mol. The zero-order chi connectivity index (χ0) is 11.5. The van der Waals surface area contributed by atoms with Crippen LogP contribution in [0.4, 0.5) is 0 Å². The highest BCUT2D eigenvalue weighted by atomic mass is 16.1. The van der Waals surface area contributed by atoms with E-state index in [1.54, 1.807) is 0 Å². The lowest BCUT2D eigenvalue weighted by molar-refractivity contribution is -0.124. The fraction of sp³-hybridized carbons (Fsp3) is 0.917. The number of nitrogens with one attached hydrogen (secondary N) is 2. The van der Waals surface area contributed by atoms with Crippen LogP contribution >= 0.6 is 0 Å². The molecule has 1 saturated heterocycles. The molecule has 0 aliphatic carbocycles. The summed E-state index contributed by atoms with van der Waals surface area (Å²) in [4.78, 5) is 11.7. The molecule has 2 atom stereocenters. The van der Waals surface area contributed by atoms with E-state index in [0.717, 1.165) is 26.1 Å². The summed E-state index contributed by atoms with van der Waals surface area (Å²) in [6.07, 6.45) is 0.982. The first-order valence-electron chi connectivity index (χ1n) is 5.89. The van der Waals surface area contributed by atoms with Crippen LogP contribution in [0.5, 0.6) is 0 Å². The van der Waals surface area contributed by atoms with Gasteiger partial charge in [-0.1, -0.05) is 27.7 Å². The average molecular weight is 212 g/mol. The van der Waals surface area contributed by atoms with E-state index in [1.165, 1.54) is 0 Å². The van der Waals surface area contributed by atoms with Crippen molar-refractivity contribution in [2.75, 3.05) is 19.6 Å². The summed E-state index contributed by atoms with van der Waals surface area (Å²) in [5.41, 5.74) is 0.265. The molecular weight excluding hydrogens is 188 g/mol. The van der Waals surface area contributed by atoms with Gasteiger partial charge < -0.3 is 10.6 Å². The first-order chi connectivity index (χ1) is 6.91. The predicted octanol–water partition coefficient (Wildman–Crippen LogP) is 1.39. The van der Waals surface area contributed by atoms with Crippen LogP contribution in [0, 0.1) is 17.3 Å².